The van der Waals surface area contributed by atoms with Crippen molar-refractivity contribution in [2.24, 2.45) is 5.92 Å². The third-order valence-electron chi connectivity index (χ3n) is 5.81. The SMILES string of the molecule is Cc1cc(CNC(c2ncn[nH]2)C2CCCCC2)cc(N2CCCC2)n1. The summed E-state index contributed by atoms with van der Waals surface area (Å²) in [6.07, 6.45) is 10.7. The molecular weight excluding hydrogens is 324 g/mol. The van der Waals surface area contributed by atoms with Gasteiger partial charge in [0.15, 0.2) is 0 Å². The van der Waals surface area contributed by atoms with Gasteiger partial charge >= 0.3 is 0 Å². The quantitative estimate of drug-likeness (QED) is 0.831. The lowest BCUT2D eigenvalue weighted by Crippen LogP contribution is -2.30. The molecule has 1 saturated heterocycles. The largest absolute Gasteiger partial charge is 0.357 e. The zero-order valence-corrected chi connectivity index (χ0v) is 15.7. The molecule has 6 heteroatoms. The summed E-state index contributed by atoms with van der Waals surface area (Å²) < 4.78 is 0. The Morgan fingerprint density at radius 1 is 1.15 bits per heavy atom. The second kappa shape index (κ2) is 8.16. The van der Waals surface area contributed by atoms with Crippen LogP contribution >= 0.6 is 0 Å². The van der Waals surface area contributed by atoms with E-state index in [2.05, 4.69) is 44.5 Å². The minimum absolute atomic E-state index is 0.251. The highest BCUT2D eigenvalue weighted by molar-refractivity contribution is 5.43. The predicted molar refractivity (Wildman–Crippen MR) is 103 cm³/mol. The fourth-order valence-electron chi connectivity index (χ4n) is 4.48. The van der Waals surface area contributed by atoms with Crippen molar-refractivity contribution in [3.63, 3.8) is 0 Å². The van der Waals surface area contributed by atoms with E-state index in [9.17, 15) is 0 Å². The number of rotatable bonds is 6. The van der Waals surface area contributed by atoms with E-state index < -0.39 is 0 Å². The summed E-state index contributed by atoms with van der Waals surface area (Å²) in [7, 11) is 0. The van der Waals surface area contributed by atoms with Crippen LogP contribution < -0.4 is 10.2 Å². The first-order valence-electron chi connectivity index (χ1n) is 10.1. The molecule has 26 heavy (non-hydrogen) atoms. The fraction of sp³-hybridized carbons (Fsp3) is 0.650. The van der Waals surface area contributed by atoms with Crippen LogP contribution in [0.25, 0.3) is 0 Å². The third-order valence-corrected chi connectivity index (χ3v) is 5.81. The van der Waals surface area contributed by atoms with Gasteiger partial charge in [0.1, 0.15) is 18.0 Å². The molecule has 2 aromatic heterocycles. The lowest BCUT2D eigenvalue weighted by Gasteiger charge is -2.29. The van der Waals surface area contributed by atoms with Gasteiger partial charge in [0, 0.05) is 25.3 Å². The molecule has 6 nitrogen and oxygen atoms in total. The van der Waals surface area contributed by atoms with Gasteiger partial charge in [-0.25, -0.2) is 9.97 Å². The molecule has 4 rings (SSSR count). The van der Waals surface area contributed by atoms with E-state index >= 15 is 0 Å². The molecule has 0 spiro atoms. The number of aryl methyl sites for hydroxylation is 1. The molecule has 1 aliphatic carbocycles. The van der Waals surface area contributed by atoms with Crippen molar-refractivity contribution in [2.45, 2.75) is 64.5 Å². The number of nitrogens with zero attached hydrogens (tertiary/aromatic N) is 4. The lowest BCUT2D eigenvalue weighted by atomic mass is 9.83. The second-order valence-corrected chi connectivity index (χ2v) is 7.80. The maximum absolute atomic E-state index is 4.75. The highest BCUT2D eigenvalue weighted by Gasteiger charge is 2.27. The van der Waals surface area contributed by atoms with E-state index in [0.29, 0.717) is 5.92 Å². The average Bonchev–Trinajstić information content (AvgIpc) is 3.37. The van der Waals surface area contributed by atoms with Crippen LogP contribution in [0, 0.1) is 12.8 Å². The van der Waals surface area contributed by atoms with Gasteiger partial charge in [0.05, 0.1) is 6.04 Å². The normalized spacial score (nSPS) is 19.8. The zero-order valence-electron chi connectivity index (χ0n) is 15.7. The Morgan fingerprint density at radius 3 is 2.69 bits per heavy atom. The van der Waals surface area contributed by atoms with Crippen molar-refractivity contribution < 1.29 is 0 Å². The molecular formula is C20H30N6. The molecule has 2 N–H and O–H groups in total. The van der Waals surface area contributed by atoms with Crippen molar-refractivity contribution in [1.82, 2.24) is 25.5 Å². The van der Waals surface area contributed by atoms with Gasteiger partial charge in [-0.1, -0.05) is 19.3 Å². The highest BCUT2D eigenvalue weighted by atomic mass is 15.2. The molecule has 2 aliphatic rings. The smallest absolute Gasteiger partial charge is 0.141 e. The van der Waals surface area contributed by atoms with Crippen molar-refractivity contribution in [1.29, 1.82) is 0 Å². The molecule has 3 heterocycles. The van der Waals surface area contributed by atoms with E-state index in [-0.39, 0.29) is 6.04 Å². The van der Waals surface area contributed by atoms with Gasteiger partial charge in [0.25, 0.3) is 0 Å². The highest BCUT2D eigenvalue weighted by Crippen LogP contribution is 2.33. The van der Waals surface area contributed by atoms with Crippen molar-refractivity contribution in [3.8, 4) is 0 Å². The number of hydrogen-bond acceptors (Lipinski definition) is 5. The summed E-state index contributed by atoms with van der Waals surface area (Å²) >= 11 is 0. The number of aromatic amines is 1. The number of hydrogen-bond donors (Lipinski definition) is 2. The van der Waals surface area contributed by atoms with Gasteiger partial charge in [-0.3, -0.25) is 5.10 Å². The Kier molecular flexibility index (Phi) is 5.48. The molecule has 0 amide bonds. The molecule has 1 saturated carbocycles. The van der Waals surface area contributed by atoms with E-state index in [4.69, 9.17) is 4.98 Å². The third kappa shape index (κ3) is 4.06. The topological polar surface area (TPSA) is 69.7 Å². The molecule has 0 radical (unpaired) electrons. The number of anilines is 1. The predicted octanol–water partition coefficient (Wildman–Crippen LogP) is 3.52. The standard InChI is InChI=1S/C20H30N6/c1-15-11-16(12-18(24-15)26-9-5-6-10-26)13-21-19(20-22-14-23-25-20)17-7-3-2-4-8-17/h11-12,14,17,19,21H,2-10,13H2,1H3,(H,22,23,25). The van der Waals surface area contributed by atoms with Gasteiger partial charge in [0.2, 0.25) is 0 Å². The maximum atomic E-state index is 4.75. The molecule has 0 aromatic carbocycles. The first kappa shape index (κ1) is 17.5. The number of nitrogens with one attached hydrogen (secondary N) is 2. The Labute approximate surface area is 155 Å². The van der Waals surface area contributed by atoms with Crippen LogP contribution in [0.5, 0.6) is 0 Å². The summed E-state index contributed by atoms with van der Waals surface area (Å²) in [5.41, 5.74) is 2.40. The second-order valence-electron chi connectivity index (χ2n) is 7.80. The average molecular weight is 355 g/mol. The van der Waals surface area contributed by atoms with Crippen molar-refractivity contribution >= 4 is 5.82 Å². The number of aromatic nitrogens is 4. The van der Waals surface area contributed by atoms with Gasteiger partial charge < -0.3 is 10.2 Å². The van der Waals surface area contributed by atoms with Crippen LogP contribution in [0.1, 0.15) is 68.1 Å². The van der Waals surface area contributed by atoms with Crippen LogP contribution in [0.2, 0.25) is 0 Å². The Bertz CT molecular complexity index is 686. The lowest BCUT2D eigenvalue weighted by molar-refractivity contribution is 0.262. The Hall–Kier alpha value is -1.95. The minimum atomic E-state index is 0.251. The summed E-state index contributed by atoms with van der Waals surface area (Å²) in [5.74, 6) is 2.74. The van der Waals surface area contributed by atoms with Crippen LogP contribution in [0.4, 0.5) is 5.82 Å². The minimum Gasteiger partial charge on any atom is -0.357 e. The van der Waals surface area contributed by atoms with Gasteiger partial charge in [-0.15, -0.1) is 0 Å². The molecule has 0 bridgehead atoms. The van der Waals surface area contributed by atoms with Crippen LogP contribution in [-0.2, 0) is 6.54 Å². The van der Waals surface area contributed by atoms with Gasteiger partial charge in [-0.2, -0.15) is 5.10 Å². The first-order chi connectivity index (χ1) is 12.8. The van der Waals surface area contributed by atoms with E-state index in [0.717, 1.165) is 37.0 Å². The van der Waals surface area contributed by atoms with Crippen LogP contribution in [-0.4, -0.2) is 33.3 Å². The molecule has 140 valence electrons. The number of H-pyrrole nitrogens is 1. The molecule has 2 fully saturated rings. The summed E-state index contributed by atoms with van der Waals surface area (Å²) in [6.45, 7) is 5.20. The summed E-state index contributed by atoms with van der Waals surface area (Å²) in [5, 5.41) is 10.9. The maximum Gasteiger partial charge on any atom is 0.141 e. The Balaban J connectivity index is 1.48. The van der Waals surface area contributed by atoms with Crippen molar-refractivity contribution in [2.75, 3.05) is 18.0 Å². The summed E-state index contributed by atoms with van der Waals surface area (Å²) in [4.78, 5) is 11.6. The van der Waals surface area contributed by atoms with Gasteiger partial charge in [-0.05, 0) is 56.2 Å². The summed E-state index contributed by atoms with van der Waals surface area (Å²) in [6, 6.07) is 4.70. The fourth-order valence-corrected chi connectivity index (χ4v) is 4.48. The number of pyridine rings is 1. The monoisotopic (exact) mass is 354 g/mol. The van der Waals surface area contributed by atoms with Crippen LogP contribution in [0.15, 0.2) is 18.5 Å². The molecule has 2 aromatic rings. The first-order valence-corrected chi connectivity index (χ1v) is 10.1. The molecule has 1 atom stereocenters. The van der Waals surface area contributed by atoms with Crippen molar-refractivity contribution in [3.05, 3.63) is 35.5 Å². The van der Waals surface area contributed by atoms with E-state index in [1.165, 1.54) is 50.5 Å². The zero-order chi connectivity index (χ0) is 17.8. The van der Waals surface area contributed by atoms with E-state index in [1.807, 2.05) is 0 Å². The van der Waals surface area contributed by atoms with Crippen LogP contribution in [0.3, 0.4) is 0 Å². The Morgan fingerprint density at radius 2 is 1.96 bits per heavy atom. The van der Waals surface area contributed by atoms with E-state index in [1.54, 1.807) is 6.33 Å². The molecule has 1 unspecified atom stereocenters. The molecule has 1 aliphatic heterocycles.